The van der Waals surface area contributed by atoms with Gasteiger partial charge in [-0.3, -0.25) is 14.8 Å². The molecule has 1 N–H and O–H groups in total. The number of hydrogen-bond acceptors (Lipinski definition) is 4. The van der Waals surface area contributed by atoms with Crippen molar-refractivity contribution in [3.05, 3.63) is 58.8 Å². The van der Waals surface area contributed by atoms with Crippen LogP contribution in [0.5, 0.6) is 0 Å². The van der Waals surface area contributed by atoms with Crippen LogP contribution in [0.15, 0.2) is 47.5 Å². The molecule has 124 valence electrons. The molecule has 3 aromatic rings. The summed E-state index contributed by atoms with van der Waals surface area (Å²) in [5, 5.41) is 10.8. The van der Waals surface area contributed by atoms with Gasteiger partial charge in [0.15, 0.2) is 0 Å². The van der Waals surface area contributed by atoms with Gasteiger partial charge in [-0.25, -0.2) is 14.1 Å². The van der Waals surface area contributed by atoms with E-state index in [4.69, 9.17) is 0 Å². The smallest absolute Gasteiger partial charge is 0.248 e. The van der Waals surface area contributed by atoms with E-state index in [9.17, 15) is 9.18 Å². The Kier molecular flexibility index (Phi) is 4.99. The Balaban J connectivity index is 1.53. The van der Waals surface area contributed by atoms with Crippen molar-refractivity contribution < 1.29 is 9.18 Å². The van der Waals surface area contributed by atoms with Crippen molar-refractivity contribution >= 4 is 27.8 Å². The first-order valence-electron chi connectivity index (χ1n) is 7.21. The molecule has 0 spiro atoms. The Morgan fingerprint density at radius 2 is 2.12 bits per heavy atom. The molecule has 0 aliphatic heterocycles. The van der Waals surface area contributed by atoms with Gasteiger partial charge in [-0.1, -0.05) is 18.2 Å². The van der Waals surface area contributed by atoms with E-state index in [1.807, 2.05) is 0 Å². The number of nitrogens with zero attached hydrogens (tertiary/aromatic N) is 5. The lowest BCUT2D eigenvalue weighted by atomic mass is 10.2. The minimum Gasteiger partial charge on any atom is -0.293 e. The maximum Gasteiger partial charge on any atom is 0.248 e. The molecule has 0 aliphatic rings. The van der Waals surface area contributed by atoms with E-state index in [2.05, 4.69) is 36.4 Å². The third kappa shape index (κ3) is 4.25. The molecule has 0 aliphatic carbocycles. The average molecular weight is 393 g/mol. The Labute approximate surface area is 145 Å². The summed E-state index contributed by atoms with van der Waals surface area (Å²) in [5.41, 5.74) is 0.504. The number of anilines is 1. The fourth-order valence-electron chi connectivity index (χ4n) is 2.09. The first-order chi connectivity index (χ1) is 11.6. The topological polar surface area (TPSA) is 77.6 Å². The first-order valence-corrected chi connectivity index (χ1v) is 8.00. The Hall–Kier alpha value is -2.55. The lowest BCUT2D eigenvalue weighted by Crippen LogP contribution is -2.16. The fraction of sp³-hybridized carbons (Fsp3) is 0.200. The standard InChI is InChI=1S/C15H14BrFN6O/c16-12-7-19-22(9-12)6-5-14(24)20-15-18-10-23(21-15)8-11-3-1-2-4-13(11)17/h1-4,7,9-10H,5-6,8H2,(H,20,21,24). The highest BCUT2D eigenvalue weighted by atomic mass is 79.9. The third-order valence-corrected chi connectivity index (χ3v) is 3.66. The van der Waals surface area contributed by atoms with E-state index in [1.165, 1.54) is 17.1 Å². The molecule has 0 saturated carbocycles. The summed E-state index contributed by atoms with van der Waals surface area (Å²) >= 11 is 3.29. The number of nitrogens with one attached hydrogen (secondary N) is 1. The van der Waals surface area contributed by atoms with Crippen molar-refractivity contribution in [3.8, 4) is 0 Å². The van der Waals surface area contributed by atoms with E-state index in [-0.39, 0.29) is 30.6 Å². The van der Waals surface area contributed by atoms with Gasteiger partial charge in [-0.15, -0.1) is 5.10 Å². The van der Waals surface area contributed by atoms with Gasteiger partial charge in [0.1, 0.15) is 12.1 Å². The van der Waals surface area contributed by atoms with E-state index in [1.54, 1.807) is 35.3 Å². The number of benzene rings is 1. The second-order valence-electron chi connectivity index (χ2n) is 5.08. The van der Waals surface area contributed by atoms with Gasteiger partial charge in [0, 0.05) is 24.7 Å². The van der Waals surface area contributed by atoms with Crippen molar-refractivity contribution in [1.82, 2.24) is 24.5 Å². The molecule has 1 aromatic carbocycles. The van der Waals surface area contributed by atoms with Crippen LogP contribution in [0.1, 0.15) is 12.0 Å². The number of hydrogen-bond donors (Lipinski definition) is 1. The SMILES string of the molecule is O=C(CCn1cc(Br)cn1)Nc1ncn(Cc2ccccc2F)n1. The lowest BCUT2D eigenvalue weighted by Gasteiger charge is -2.03. The molecule has 0 saturated heterocycles. The molecule has 0 bridgehead atoms. The van der Waals surface area contributed by atoms with E-state index < -0.39 is 0 Å². The first kappa shape index (κ1) is 16.3. The van der Waals surface area contributed by atoms with Gasteiger partial charge in [-0.05, 0) is 22.0 Å². The summed E-state index contributed by atoms with van der Waals surface area (Å²) in [6, 6.07) is 6.45. The van der Waals surface area contributed by atoms with E-state index in [0.29, 0.717) is 12.1 Å². The van der Waals surface area contributed by atoms with Crippen LogP contribution in [-0.2, 0) is 17.9 Å². The van der Waals surface area contributed by atoms with Gasteiger partial charge in [0.05, 0.1) is 17.2 Å². The molecule has 1 amide bonds. The highest BCUT2D eigenvalue weighted by Crippen LogP contribution is 2.09. The summed E-state index contributed by atoms with van der Waals surface area (Å²) in [7, 11) is 0. The van der Waals surface area contributed by atoms with Crippen molar-refractivity contribution in [2.24, 2.45) is 0 Å². The quantitative estimate of drug-likeness (QED) is 0.698. The van der Waals surface area contributed by atoms with Crippen molar-refractivity contribution in [2.45, 2.75) is 19.5 Å². The Bertz CT molecular complexity index is 846. The molecule has 2 heterocycles. The molecule has 0 fully saturated rings. The van der Waals surface area contributed by atoms with Crippen LogP contribution in [0.4, 0.5) is 10.3 Å². The zero-order valence-corrected chi connectivity index (χ0v) is 14.1. The molecule has 0 unspecified atom stereocenters. The van der Waals surface area contributed by atoms with Crippen LogP contribution < -0.4 is 5.32 Å². The minimum absolute atomic E-state index is 0.193. The fourth-order valence-corrected chi connectivity index (χ4v) is 2.42. The van der Waals surface area contributed by atoms with Crippen LogP contribution in [0.2, 0.25) is 0 Å². The molecule has 9 heteroatoms. The predicted molar refractivity (Wildman–Crippen MR) is 88.7 cm³/mol. The van der Waals surface area contributed by atoms with Crippen LogP contribution in [-0.4, -0.2) is 30.5 Å². The zero-order valence-electron chi connectivity index (χ0n) is 12.6. The second-order valence-corrected chi connectivity index (χ2v) is 5.99. The molecule has 24 heavy (non-hydrogen) atoms. The zero-order chi connectivity index (χ0) is 16.9. The average Bonchev–Trinajstić information content (AvgIpc) is 3.17. The van der Waals surface area contributed by atoms with Gasteiger partial charge >= 0.3 is 0 Å². The number of aromatic nitrogens is 5. The molecule has 3 rings (SSSR count). The van der Waals surface area contributed by atoms with Crippen LogP contribution in [0.3, 0.4) is 0 Å². The normalized spacial score (nSPS) is 10.8. The van der Waals surface area contributed by atoms with E-state index in [0.717, 1.165) is 4.47 Å². The van der Waals surface area contributed by atoms with Gasteiger partial charge in [0.25, 0.3) is 0 Å². The van der Waals surface area contributed by atoms with Crippen LogP contribution >= 0.6 is 15.9 Å². The number of aryl methyl sites for hydroxylation is 1. The number of carbonyl (C=O) groups excluding carboxylic acids is 1. The molecule has 0 radical (unpaired) electrons. The van der Waals surface area contributed by atoms with Gasteiger partial charge in [0.2, 0.25) is 11.9 Å². The summed E-state index contributed by atoms with van der Waals surface area (Å²) in [5.74, 6) is -0.327. The van der Waals surface area contributed by atoms with Crippen LogP contribution in [0, 0.1) is 5.82 Å². The number of rotatable bonds is 6. The third-order valence-electron chi connectivity index (χ3n) is 3.25. The van der Waals surface area contributed by atoms with Crippen molar-refractivity contribution in [3.63, 3.8) is 0 Å². The van der Waals surface area contributed by atoms with E-state index >= 15 is 0 Å². The largest absolute Gasteiger partial charge is 0.293 e. The molecule has 0 atom stereocenters. The van der Waals surface area contributed by atoms with Crippen molar-refractivity contribution in [1.29, 1.82) is 0 Å². The highest BCUT2D eigenvalue weighted by molar-refractivity contribution is 9.10. The number of carbonyl (C=O) groups is 1. The Morgan fingerprint density at radius 3 is 2.88 bits per heavy atom. The van der Waals surface area contributed by atoms with Crippen LogP contribution in [0.25, 0.3) is 0 Å². The maximum absolute atomic E-state index is 13.6. The number of amides is 1. The number of halogens is 2. The van der Waals surface area contributed by atoms with Crippen molar-refractivity contribution in [2.75, 3.05) is 5.32 Å². The molecule has 7 nitrogen and oxygen atoms in total. The van der Waals surface area contributed by atoms with Gasteiger partial charge < -0.3 is 0 Å². The monoisotopic (exact) mass is 392 g/mol. The minimum atomic E-state index is -0.302. The highest BCUT2D eigenvalue weighted by Gasteiger charge is 2.09. The molecular formula is C15H14BrFN6O. The summed E-state index contributed by atoms with van der Waals surface area (Å²) in [6.07, 6.45) is 5.14. The summed E-state index contributed by atoms with van der Waals surface area (Å²) in [4.78, 5) is 15.9. The Morgan fingerprint density at radius 1 is 1.29 bits per heavy atom. The lowest BCUT2D eigenvalue weighted by molar-refractivity contribution is -0.116. The molecule has 2 aromatic heterocycles. The summed E-state index contributed by atoms with van der Waals surface area (Å²) in [6.45, 7) is 0.699. The van der Waals surface area contributed by atoms with Gasteiger partial charge in [-0.2, -0.15) is 5.10 Å². The maximum atomic E-state index is 13.6. The second kappa shape index (κ2) is 7.35. The summed E-state index contributed by atoms with van der Waals surface area (Å²) < 4.78 is 17.6. The molecular weight excluding hydrogens is 379 g/mol. The predicted octanol–water partition coefficient (Wildman–Crippen LogP) is 2.45.